The van der Waals surface area contributed by atoms with Gasteiger partial charge in [-0.15, -0.1) is 0 Å². The first kappa shape index (κ1) is 13.0. The summed E-state index contributed by atoms with van der Waals surface area (Å²) in [5.41, 5.74) is 8.38. The number of halogens is 1. The average Bonchev–Trinajstić information content (AvgIpc) is 2.30. The van der Waals surface area contributed by atoms with Crippen molar-refractivity contribution < 1.29 is 4.92 Å². The predicted molar refractivity (Wildman–Crippen MR) is 63.6 cm³/mol. The van der Waals surface area contributed by atoms with Crippen molar-refractivity contribution in [2.75, 3.05) is 6.54 Å². The lowest BCUT2D eigenvalue weighted by Crippen LogP contribution is -1.91. The van der Waals surface area contributed by atoms with Crippen molar-refractivity contribution in [3.05, 3.63) is 49.6 Å². The fourth-order valence-electron chi connectivity index (χ4n) is 1.07. The third-order valence-electron chi connectivity index (χ3n) is 1.81. The van der Waals surface area contributed by atoms with Gasteiger partial charge >= 0.3 is 5.69 Å². The molecule has 1 aromatic rings. The number of aromatic nitrogens is 1. The predicted octanol–water partition coefficient (Wildman–Crippen LogP) is 3.36. The van der Waals surface area contributed by atoms with E-state index in [-0.39, 0.29) is 10.8 Å². The minimum atomic E-state index is -0.591. The molecule has 7 nitrogen and oxygen atoms in total. The second-order valence-corrected chi connectivity index (χ2v) is 3.34. The summed E-state index contributed by atoms with van der Waals surface area (Å²) in [5.74, 6) is 0. The van der Waals surface area contributed by atoms with Crippen LogP contribution in [0.25, 0.3) is 16.5 Å². The van der Waals surface area contributed by atoms with Crippen molar-refractivity contribution in [3.63, 3.8) is 0 Å². The van der Waals surface area contributed by atoms with E-state index in [4.69, 9.17) is 17.1 Å². The van der Waals surface area contributed by atoms with E-state index >= 15 is 0 Å². The second kappa shape index (κ2) is 6.47. The summed E-state index contributed by atoms with van der Waals surface area (Å²) in [4.78, 5) is 16.3. The largest absolute Gasteiger partial charge is 0.307 e. The molecule has 0 aliphatic heterocycles. The Morgan fingerprint density at radius 3 is 3.12 bits per heavy atom. The highest BCUT2D eigenvalue weighted by Gasteiger charge is 2.12. The molecule has 1 rings (SSSR count). The first-order valence-corrected chi connectivity index (χ1v) is 5.00. The van der Waals surface area contributed by atoms with E-state index in [1.807, 2.05) is 0 Å². The highest BCUT2D eigenvalue weighted by Crippen LogP contribution is 2.22. The van der Waals surface area contributed by atoms with Gasteiger partial charge in [0.25, 0.3) is 0 Å². The number of azide groups is 1. The summed E-state index contributed by atoms with van der Waals surface area (Å²) >= 11 is 5.56. The van der Waals surface area contributed by atoms with Gasteiger partial charge in [-0.2, -0.15) is 0 Å². The molecule has 0 amide bonds. The van der Waals surface area contributed by atoms with Crippen molar-refractivity contribution in [3.8, 4) is 0 Å². The van der Waals surface area contributed by atoms with E-state index in [1.165, 1.54) is 12.3 Å². The van der Waals surface area contributed by atoms with Gasteiger partial charge in [-0.05, 0) is 17.5 Å². The summed E-state index contributed by atoms with van der Waals surface area (Å²) in [6.45, 7) is 0.343. The van der Waals surface area contributed by atoms with E-state index in [2.05, 4.69) is 15.0 Å². The van der Waals surface area contributed by atoms with Crippen LogP contribution in [0.3, 0.4) is 0 Å². The van der Waals surface area contributed by atoms with Gasteiger partial charge in [0.05, 0.1) is 4.92 Å². The molecule has 0 unspecified atom stereocenters. The first-order valence-electron chi connectivity index (χ1n) is 4.62. The molecule has 0 N–H and O–H groups in total. The van der Waals surface area contributed by atoms with Crippen molar-refractivity contribution in [1.29, 1.82) is 0 Å². The minimum Gasteiger partial charge on any atom is -0.258 e. The average molecular weight is 254 g/mol. The van der Waals surface area contributed by atoms with Crippen LogP contribution in [0.1, 0.15) is 12.0 Å². The Morgan fingerprint density at radius 2 is 2.47 bits per heavy atom. The SMILES string of the molecule is [N-]=[N+]=NCCC=Cc1cnc(Cl)c([N+](=O)[O-])c1. The number of nitro groups is 1. The van der Waals surface area contributed by atoms with E-state index < -0.39 is 4.92 Å². The van der Waals surface area contributed by atoms with Crippen LogP contribution in [0.5, 0.6) is 0 Å². The molecular formula is C9H8ClN5O2. The quantitative estimate of drug-likeness (QED) is 0.153. The van der Waals surface area contributed by atoms with Crippen LogP contribution < -0.4 is 0 Å². The van der Waals surface area contributed by atoms with Crippen LogP contribution >= 0.6 is 11.6 Å². The maximum atomic E-state index is 10.6. The summed E-state index contributed by atoms with van der Waals surface area (Å²) in [6, 6.07) is 1.33. The number of rotatable bonds is 5. The Labute approximate surface area is 102 Å². The lowest BCUT2D eigenvalue weighted by Gasteiger charge is -1.96. The Hall–Kier alpha value is -2.11. The lowest BCUT2D eigenvalue weighted by molar-refractivity contribution is -0.385. The molecule has 88 valence electrons. The normalized spacial score (nSPS) is 10.2. The smallest absolute Gasteiger partial charge is 0.258 e. The maximum Gasteiger partial charge on any atom is 0.307 e. The maximum absolute atomic E-state index is 10.6. The van der Waals surface area contributed by atoms with Crippen LogP contribution in [-0.4, -0.2) is 16.5 Å². The summed E-state index contributed by atoms with van der Waals surface area (Å²) in [7, 11) is 0. The topological polar surface area (TPSA) is 105 Å². The molecule has 0 atom stereocenters. The Bertz CT molecular complexity index is 496. The van der Waals surface area contributed by atoms with Gasteiger partial charge in [-0.1, -0.05) is 28.9 Å². The molecule has 0 radical (unpaired) electrons. The summed E-state index contributed by atoms with van der Waals surface area (Å²) in [5, 5.41) is 13.8. The van der Waals surface area contributed by atoms with Crippen molar-refractivity contribution in [2.24, 2.45) is 5.11 Å². The zero-order valence-electron chi connectivity index (χ0n) is 8.65. The van der Waals surface area contributed by atoms with Gasteiger partial charge in [-0.3, -0.25) is 10.1 Å². The number of nitrogens with zero attached hydrogens (tertiary/aromatic N) is 5. The monoisotopic (exact) mass is 253 g/mol. The fourth-order valence-corrected chi connectivity index (χ4v) is 1.24. The van der Waals surface area contributed by atoms with Gasteiger partial charge in [-0.25, -0.2) is 4.98 Å². The molecule has 0 aliphatic carbocycles. The van der Waals surface area contributed by atoms with E-state index in [0.29, 0.717) is 18.5 Å². The van der Waals surface area contributed by atoms with Gasteiger partial charge in [0.2, 0.25) is 5.15 Å². The highest BCUT2D eigenvalue weighted by molar-refractivity contribution is 6.31. The van der Waals surface area contributed by atoms with Crippen LogP contribution in [0.4, 0.5) is 5.69 Å². The molecule has 0 fully saturated rings. The number of hydrogen-bond donors (Lipinski definition) is 0. The molecular weight excluding hydrogens is 246 g/mol. The Balaban J connectivity index is 2.75. The highest BCUT2D eigenvalue weighted by atomic mass is 35.5. The molecule has 1 heterocycles. The summed E-state index contributed by atoms with van der Waals surface area (Å²) in [6.07, 6.45) is 5.38. The van der Waals surface area contributed by atoms with E-state index in [1.54, 1.807) is 12.2 Å². The van der Waals surface area contributed by atoms with Gasteiger partial charge in [0.15, 0.2) is 0 Å². The number of hydrogen-bond acceptors (Lipinski definition) is 4. The van der Waals surface area contributed by atoms with Crippen molar-refractivity contribution in [2.45, 2.75) is 6.42 Å². The van der Waals surface area contributed by atoms with Crippen LogP contribution in [0.15, 0.2) is 23.5 Å². The van der Waals surface area contributed by atoms with Crippen LogP contribution in [-0.2, 0) is 0 Å². The van der Waals surface area contributed by atoms with Crippen LogP contribution in [0.2, 0.25) is 5.15 Å². The van der Waals surface area contributed by atoms with Crippen molar-refractivity contribution >= 4 is 23.4 Å². The Morgan fingerprint density at radius 1 is 1.71 bits per heavy atom. The third kappa shape index (κ3) is 4.10. The Kier molecular flexibility index (Phi) is 4.93. The lowest BCUT2D eigenvalue weighted by atomic mass is 10.2. The van der Waals surface area contributed by atoms with Gasteiger partial charge in [0.1, 0.15) is 0 Å². The van der Waals surface area contributed by atoms with E-state index in [9.17, 15) is 10.1 Å². The number of pyridine rings is 1. The first-order chi connectivity index (χ1) is 8.15. The van der Waals surface area contributed by atoms with Crippen molar-refractivity contribution in [1.82, 2.24) is 4.98 Å². The van der Waals surface area contributed by atoms with Crippen LogP contribution in [0, 0.1) is 10.1 Å². The molecule has 0 aromatic carbocycles. The third-order valence-corrected chi connectivity index (χ3v) is 2.10. The molecule has 0 saturated heterocycles. The van der Waals surface area contributed by atoms with Gasteiger partial charge in [0, 0.05) is 23.7 Å². The molecule has 0 spiro atoms. The molecule has 0 aliphatic rings. The summed E-state index contributed by atoms with van der Waals surface area (Å²) < 4.78 is 0. The molecule has 17 heavy (non-hydrogen) atoms. The van der Waals surface area contributed by atoms with E-state index in [0.717, 1.165) is 0 Å². The second-order valence-electron chi connectivity index (χ2n) is 2.98. The zero-order chi connectivity index (χ0) is 12.7. The fraction of sp³-hybridized carbons (Fsp3) is 0.222. The molecule has 8 heteroatoms. The van der Waals surface area contributed by atoms with Gasteiger partial charge < -0.3 is 0 Å². The molecule has 0 bridgehead atoms. The zero-order valence-corrected chi connectivity index (χ0v) is 9.41. The molecule has 0 saturated carbocycles. The standard InChI is InChI=1S/C9H8ClN5O2/c10-9-8(15(16)17)5-7(6-12-9)3-1-2-4-13-14-11/h1,3,5-6H,2,4H2. The minimum absolute atomic E-state index is 0.138. The molecule has 1 aromatic heterocycles.